The van der Waals surface area contributed by atoms with Crippen LogP contribution < -0.4 is 4.74 Å². The van der Waals surface area contributed by atoms with E-state index in [4.69, 9.17) is 4.74 Å². The van der Waals surface area contributed by atoms with Gasteiger partial charge in [-0.15, -0.1) is 0 Å². The van der Waals surface area contributed by atoms with Crippen molar-refractivity contribution in [2.24, 2.45) is 0 Å². The summed E-state index contributed by atoms with van der Waals surface area (Å²) in [6.45, 7) is 6.09. The summed E-state index contributed by atoms with van der Waals surface area (Å²) in [4.78, 5) is 0. The highest BCUT2D eigenvalue weighted by molar-refractivity contribution is 5.32. The first-order chi connectivity index (χ1) is 9.10. The van der Waals surface area contributed by atoms with Crippen LogP contribution in [0, 0.1) is 0 Å². The van der Waals surface area contributed by atoms with Gasteiger partial charge in [-0.2, -0.15) is 5.10 Å². The molecule has 1 N–H and O–H groups in total. The second kappa shape index (κ2) is 5.89. The molecule has 0 bridgehead atoms. The highest BCUT2D eigenvalue weighted by Crippen LogP contribution is 2.24. The van der Waals surface area contributed by atoms with E-state index in [1.165, 1.54) is 0 Å². The van der Waals surface area contributed by atoms with Gasteiger partial charge in [0.1, 0.15) is 5.75 Å². The number of rotatable bonds is 5. The lowest BCUT2D eigenvalue weighted by Crippen LogP contribution is -1.99. The van der Waals surface area contributed by atoms with E-state index in [-0.39, 0.29) is 0 Å². The van der Waals surface area contributed by atoms with Gasteiger partial charge >= 0.3 is 0 Å². The van der Waals surface area contributed by atoms with Gasteiger partial charge in [0.05, 0.1) is 18.5 Å². The topological polar surface area (TPSA) is 47.3 Å². The monoisotopic (exact) mass is 260 g/mol. The van der Waals surface area contributed by atoms with Gasteiger partial charge in [0, 0.05) is 6.04 Å². The van der Waals surface area contributed by atoms with Crippen LogP contribution in [0.1, 0.15) is 44.9 Å². The average Bonchev–Trinajstić information content (AvgIpc) is 2.87. The van der Waals surface area contributed by atoms with Crippen molar-refractivity contribution in [2.75, 3.05) is 0 Å². The predicted molar refractivity (Wildman–Crippen MR) is 74.4 cm³/mol. The molecular weight excluding hydrogens is 240 g/mol. The number of benzene rings is 1. The van der Waals surface area contributed by atoms with E-state index in [1.54, 1.807) is 6.20 Å². The minimum absolute atomic E-state index is 0.319. The van der Waals surface area contributed by atoms with E-state index in [9.17, 15) is 5.11 Å². The molecular formula is C15H20N2O2. The molecule has 1 atom stereocenters. The Morgan fingerprint density at radius 1 is 1.21 bits per heavy atom. The number of aliphatic hydroxyl groups excluding tert-OH is 1. The van der Waals surface area contributed by atoms with Crippen LogP contribution in [0.3, 0.4) is 0 Å². The quantitative estimate of drug-likeness (QED) is 0.891. The molecule has 0 saturated carbocycles. The summed E-state index contributed by atoms with van der Waals surface area (Å²) in [6, 6.07) is 7.81. The minimum Gasteiger partial charge on any atom is -0.454 e. The maximum absolute atomic E-state index is 9.72. The van der Waals surface area contributed by atoms with Crippen LogP contribution in [0.5, 0.6) is 11.5 Å². The summed E-state index contributed by atoms with van der Waals surface area (Å²) in [6.07, 6.45) is 3.88. The lowest BCUT2D eigenvalue weighted by Gasteiger charge is -2.09. The molecule has 0 amide bonds. The van der Waals surface area contributed by atoms with Crippen molar-refractivity contribution in [3.8, 4) is 11.5 Å². The smallest absolute Gasteiger partial charge is 0.165 e. The molecule has 0 radical (unpaired) electrons. The Bertz CT molecular complexity index is 517. The lowest BCUT2D eigenvalue weighted by atomic mass is 10.1. The van der Waals surface area contributed by atoms with E-state index >= 15 is 0 Å². The number of ether oxygens (including phenoxy) is 1. The van der Waals surface area contributed by atoms with Gasteiger partial charge in [0.2, 0.25) is 0 Å². The molecule has 0 aliphatic rings. The first-order valence-electron chi connectivity index (χ1n) is 6.60. The van der Waals surface area contributed by atoms with E-state index in [0.717, 1.165) is 17.1 Å². The Morgan fingerprint density at radius 2 is 1.89 bits per heavy atom. The van der Waals surface area contributed by atoms with Crippen LogP contribution in [0.4, 0.5) is 0 Å². The van der Waals surface area contributed by atoms with Crippen LogP contribution in [-0.2, 0) is 0 Å². The second-order valence-electron chi connectivity index (χ2n) is 4.84. The van der Waals surface area contributed by atoms with Gasteiger partial charge in [0.15, 0.2) is 5.75 Å². The van der Waals surface area contributed by atoms with Crippen LogP contribution in [0.15, 0.2) is 36.7 Å². The zero-order chi connectivity index (χ0) is 13.8. The van der Waals surface area contributed by atoms with E-state index in [0.29, 0.717) is 12.5 Å². The van der Waals surface area contributed by atoms with Crippen molar-refractivity contribution >= 4 is 0 Å². The highest BCUT2D eigenvalue weighted by Gasteiger charge is 2.06. The lowest BCUT2D eigenvalue weighted by molar-refractivity contribution is 0.173. The SMILES string of the molecule is CCC(O)c1ccc(Oc2cnn(C(C)C)c2)cc1. The Hall–Kier alpha value is -1.81. The van der Waals surface area contributed by atoms with Crippen molar-refractivity contribution in [1.82, 2.24) is 9.78 Å². The fraction of sp³-hybridized carbons (Fsp3) is 0.400. The van der Waals surface area contributed by atoms with Gasteiger partial charge in [0.25, 0.3) is 0 Å². The fourth-order valence-corrected chi connectivity index (χ4v) is 1.79. The zero-order valence-electron chi connectivity index (χ0n) is 11.6. The number of aliphatic hydroxyl groups is 1. The Labute approximate surface area is 113 Å². The molecule has 19 heavy (non-hydrogen) atoms. The molecule has 4 heteroatoms. The molecule has 0 fully saturated rings. The van der Waals surface area contributed by atoms with Gasteiger partial charge in [-0.3, -0.25) is 4.68 Å². The minimum atomic E-state index is -0.405. The second-order valence-corrected chi connectivity index (χ2v) is 4.84. The molecule has 0 aliphatic heterocycles. The molecule has 4 nitrogen and oxygen atoms in total. The third-order valence-corrected chi connectivity index (χ3v) is 2.99. The number of hydrogen-bond acceptors (Lipinski definition) is 3. The summed E-state index contributed by atoms with van der Waals surface area (Å²) in [5.41, 5.74) is 0.910. The first kappa shape index (κ1) is 13.6. The van der Waals surface area contributed by atoms with Crippen LogP contribution in [0.2, 0.25) is 0 Å². The number of hydrogen-bond donors (Lipinski definition) is 1. The van der Waals surface area contributed by atoms with E-state index in [2.05, 4.69) is 18.9 Å². The molecule has 0 spiro atoms. The van der Waals surface area contributed by atoms with Gasteiger partial charge < -0.3 is 9.84 Å². The Morgan fingerprint density at radius 3 is 2.42 bits per heavy atom. The summed E-state index contributed by atoms with van der Waals surface area (Å²) < 4.78 is 7.56. The molecule has 1 heterocycles. The highest BCUT2D eigenvalue weighted by atomic mass is 16.5. The van der Waals surface area contributed by atoms with Crippen molar-refractivity contribution in [1.29, 1.82) is 0 Å². The molecule has 1 aromatic heterocycles. The maximum Gasteiger partial charge on any atom is 0.165 e. The molecule has 2 aromatic rings. The molecule has 0 saturated heterocycles. The van der Waals surface area contributed by atoms with Crippen LogP contribution in [0.25, 0.3) is 0 Å². The largest absolute Gasteiger partial charge is 0.454 e. The zero-order valence-corrected chi connectivity index (χ0v) is 11.6. The van der Waals surface area contributed by atoms with Crippen molar-refractivity contribution in [3.05, 3.63) is 42.2 Å². The van der Waals surface area contributed by atoms with Crippen molar-refractivity contribution in [3.63, 3.8) is 0 Å². The van der Waals surface area contributed by atoms with Crippen molar-refractivity contribution < 1.29 is 9.84 Å². The number of aromatic nitrogens is 2. The molecule has 1 unspecified atom stereocenters. The summed E-state index contributed by atoms with van der Waals surface area (Å²) in [5.74, 6) is 1.47. The van der Waals surface area contributed by atoms with Gasteiger partial charge in [-0.05, 0) is 38.0 Å². The van der Waals surface area contributed by atoms with Gasteiger partial charge in [-0.25, -0.2) is 0 Å². The fourth-order valence-electron chi connectivity index (χ4n) is 1.79. The van der Waals surface area contributed by atoms with Crippen LogP contribution >= 0.6 is 0 Å². The summed E-state index contributed by atoms with van der Waals surface area (Å²) in [7, 11) is 0. The van der Waals surface area contributed by atoms with E-state index in [1.807, 2.05) is 42.1 Å². The third kappa shape index (κ3) is 3.35. The molecule has 1 aromatic carbocycles. The van der Waals surface area contributed by atoms with Crippen LogP contribution in [-0.4, -0.2) is 14.9 Å². The number of nitrogens with zero attached hydrogens (tertiary/aromatic N) is 2. The normalized spacial score (nSPS) is 12.7. The van der Waals surface area contributed by atoms with E-state index < -0.39 is 6.10 Å². The molecule has 2 rings (SSSR count). The van der Waals surface area contributed by atoms with Crippen molar-refractivity contribution in [2.45, 2.75) is 39.3 Å². The Balaban J connectivity index is 2.06. The molecule has 0 aliphatic carbocycles. The Kier molecular flexibility index (Phi) is 4.22. The summed E-state index contributed by atoms with van der Waals surface area (Å²) in [5, 5.41) is 13.9. The standard InChI is InChI=1S/C15H20N2O2/c1-4-15(18)12-5-7-13(8-6-12)19-14-9-16-17(10-14)11(2)3/h5-11,15,18H,4H2,1-3H3. The first-order valence-corrected chi connectivity index (χ1v) is 6.60. The van der Waals surface area contributed by atoms with Gasteiger partial charge in [-0.1, -0.05) is 19.1 Å². The predicted octanol–water partition coefficient (Wildman–Crippen LogP) is 3.70. The maximum atomic E-state index is 9.72. The third-order valence-electron chi connectivity index (χ3n) is 2.99. The average molecular weight is 260 g/mol. The summed E-state index contributed by atoms with van der Waals surface area (Å²) >= 11 is 0. The molecule has 102 valence electrons.